The van der Waals surface area contributed by atoms with Gasteiger partial charge in [-0.15, -0.1) is 0 Å². The summed E-state index contributed by atoms with van der Waals surface area (Å²) in [5.74, 6) is -0.660. The second-order valence-electron chi connectivity index (χ2n) is 6.98. The minimum atomic E-state index is -0.688. The summed E-state index contributed by atoms with van der Waals surface area (Å²) in [5.41, 5.74) is 1.76. The lowest BCUT2D eigenvalue weighted by Crippen LogP contribution is -2.57. The molecule has 1 aromatic rings. The van der Waals surface area contributed by atoms with Gasteiger partial charge in [-0.1, -0.05) is 26.0 Å². The Morgan fingerprint density at radius 3 is 2.85 bits per heavy atom. The molecule has 0 bridgehead atoms. The van der Waals surface area contributed by atoms with Gasteiger partial charge in [0.25, 0.3) is 0 Å². The highest BCUT2D eigenvalue weighted by atomic mass is 16.5. The first-order valence-electron chi connectivity index (χ1n) is 8.89. The monoisotopic (exact) mass is 361 g/mol. The molecular weight excluding hydrogens is 334 g/mol. The minimum absolute atomic E-state index is 0.0451. The topological polar surface area (TPSA) is 87.7 Å². The first-order chi connectivity index (χ1) is 12.3. The Balaban J connectivity index is 1.94. The van der Waals surface area contributed by atoms with E-state index in [0.717, 1.165) is 5.56 Å². The maximum atomic E-state index is 12.3. The lowest BCUT2D eigenvalue weighted by molar-refractivity contribution is -0.149. The molecule has 7 nitrogen and oxygen atoms in total. The van der Waals surface area contributed by atoms with Crippen molar-refractivity contribution in [2.24, 2.45) is 5.92 Å². The number of rotatable bonds is 7. The summed E-state index contributed by atoms with van der Waals surface area (Å²) < 4.78 is 5.17. The molecule has 0 aromatic heterocycles. The number of nitrogens with zero attached hydrogens (tertiary/aromatic N) is 1. The van der Waals surface area contributed by atoms with Gasteiger partial charge < -0.3 is 15.4 Å². The highest BCUT2D eigenvalue weighted by Crippen LogP contribution is 2.13. The Hall–Kier alpha value is -2.41. The van der Waals surface area contributed by atoms with Crippen LogP contribution in [0.2, 0.25) is 0 Å². The smallest absolute Gasteiger partial charge is 0.307 e. The molecule has 2 amide bonds. The van der Waals surface area contributed by atoms with Gasteiger partial charge in [0, 0.05) is 18.8 Å². The molecule has 1 unspecified atom stereocenters. The van der Waals surface area contributed by atoms with Gasteiger partial charge in [0.1, 0.15) is 6.04 Å². The molecule has 1 atom stereocenters. The van der Waals surface area contributed by atoms with Gasteiger partial charge in [0.15, 0.2) is 0 Å². The Morgan fingerprint density at radius 1 is 1.38 bits per heavy atom. The van der Waals surface area contributed by atoms with Gasteiger partial charge in [0.05, 0.1) is 19.6 Å². The molecular formula is C19H27N3O4. The van der Waals surface area contributed by atoms with Gasteiger partial charge in [0.2, 0.25) is 11.8 Å². The van der Waals surface area contributed by atoms with E-state index in [4.69, 9.17) is 4.74 Å². The van der Waals surface area contributed by atoms with Crippen molar-refractivity contribution >= 4 is 23.5 Å². The first kappa shape index (κ1) is 19.9. The van der Waals surface area contributed by atoms with Crippen LogP contribution in [0.15, 0.2) is 24.3 Å². The molecule has 2 rings (SSSR count). The fourth-order valence-corrected chi connectivity index (χ4v) is 2.76. The molecule has 0 aliphatic carbocycles. The van der Waals surface area contributed by atoms with Crippen LogP contribution in [-0.4, -0.2) is 55.0 Å². The third kappa shape index (κ3) is 6.15. The van der Waals surface area contributed by atoms with Crippen molar-refractivity contribution in [2.75, 3.05) is 31.6 Å². The molecule has 0 spiro atoms. The molecule has 0 radical (unpaired) electrons. The average molecular weight is 361 g/mol. The molecule has 1 heterocycles. The number of anilines is 1. The summed E-state index contributed by atoms with van der Waals surface area (Å²) in [6.07, 6.45) is -0.0592. The van der Waals surface area contributed by atoms with E-state index in [0.29, 0.717) is 25.4 Å². The molecule has 1 aromatic carbocycles. The number of amides is 2. The van der Waals surface area contributed by atoms with E-state index in [1.807, 2.05) is 45.0 Å². The van der Waals surface area contributed by atoms with E-state index in [9.17, 15) is 14.4 Å². The van der Waals surface area contributed by atoms with Crippen molar-refractivity contribution in [3.63, 3.8) is 0 Å². The van der Waals surface area contributed by atoms with E-state index >= 15 is 0 Å². The second kappa shape index (κ2) is 9.33. The third-order valence-electron chi connectivity index (χ3n) is 4.03. The average Bonchev–Trinajstić information content (AvgIpc) is 2.56. The van der Waals surface area contributed by atoms with Crippen LogP contribution in [0.5, 0.6) is 0 Å². The van der Waals surface area contributed by atoms with Crippen LogP contribution in [0, 0.1) is 12.8 Å². The predicted molar refractivity (Wildman–Crippen MR) is 98.6 cm³/mol. The summed E-state index contributed by atoms with van der Waals surface area (Å²) in [6.45, 7) is 7.17. The molecule has 1 aliphatic heterocycles. The zero-order valence-electron chi connectivity index (χ0n) is 15.6. The van der Waals surface area contributed by atoms with Crippen molar-refractivity contribution in [1.82, 2.24) is 10.2 Å². The van der Waals surface area contributed by atoms with Crippen molar-refractivity contribution in [3.05, 3.63) is 29.8 Å². The van der Waals surface area contributed by atoms with E-state index < -0.39 is 12.0 Å². The Labute approximate surface area is 154 Å². The maximum Gasteiger partial charge on any atom is 0.307 e. The number of piperazine rings is 1. The van der Waals surface area contributed by atoms with Crippen LogP contribution >= 0.6 is 0 Å². The Kier molecular flexibility index (Phi) is 7.15. The lowest BCUT2D eigenvalue weighted by atomic mass is 10.1. The van der Waals surface area contributed by atoms with Crippen LogP contribution in [0.4, 0.5) is 5.69 Å². The number of hydrogen-bond acceptors (Lipinski definition) is 5. The number of aryl methyl sites for hydroxylation is 1. The molecule has 1 fully saturated rings. The first-order valence-corrected chi connectivity index (χ1v) is 8.89. The molecule has 26 heavy (non-hydrogen) atoms. The Bertz CT molecular complexity index is 660. The summed E-state index contributed by atoms with van der Waals surface area (Å²) in [4.78, 5) is 38.2. The molecule has 1 aliphatic rings. The summed E-state index contributed by atoms with van der Waals surface area (Å²) in [5, 5.41) is 5.57. The number of hydrogen-bond donors (Lipinski definition) is 2. The highest BCUT2D eigenvalue weighted by Gasteiger charge is 2.33. The second-order valence-corrected chi connectivity index (χ2v) is 6.98. The number of benzene rings is 1. The van der Waals surface area contributed by atoms with Crippen LogP contribution in [-0.2, 0) is 19.1 Å². The zero-order chi connectivity index (χ0) is 19.1. The minimum Gasteiger partial charge on any atom is -0.465 e. The van der Waals surface area contributed by atoms with E-state index in [1.165, 1.54) is 0 Å². The maximum absolute atomic E-state index is 12.3. The summed E-state index contributed by atoms with van der Waals surface area (Å²) in [7, 11) is 0. The highest BCUT2D eigenvalue weighted by molar-refractivity contribution is 5.93. The molecule has 7 heteroatoms. The SMILES string of the molecule is Cc1cccc(NC(=O)CN2CCNC(=O)C2CC(=O)OCC(C)C)c1. The van der Waals surface area contributed by atoms with E-state index in [-0.39, 0.29) is 30.7 Å². The molecule has 142 valence electrons. The summed E-state index contributed by atoms with van der Waals surface area (Å²) in [6, 6.07) is 6.82. The van der Waals surface area contributed by atoms with Gasteiger partial charge in [-0.25, -0.2) is 0 Å². The standard InChI is InChI=1S/C19H27N3O4/c1-13(2)12-26-18(24)10-16-19(25)20-7-8-22(16)11-17(23)21-15-6-4-5-14(3)9-15/h4-6,9,13,16H,7-8,10-12H2,1-3H3,(H,20,25)(H,21,23). The number of carbonyl (C=O) groups is 3. The molecule has 0 saturated carbocycles. The lowest BCUT2D eigenvalue weighted by Gasteiger charge is -2.33. The normalized spacial score (nSPS) is 17.7. The molecule has 1 saturated heterocycles. The molecule has 2 N–H and O–H groups in total. The van der Waals surface area contributed by atoms with E-state index in [2.05, 4.69) is 10.6 Å². The van der Waals surface area contributed by atoms with Crippen molar-refractivity contribution in [3.8, 4) is 0 Å². The zero-order valence-corrected chi connectivity index (χ0v) is 15.6. The number of esters is 1. The summed E-state index contributed by atoms with van der Waals surface area (Å²) >= 11 is 0. The van der Waals surface area contributed by atoms with E-state index in [1.54, 1.807) is 4.90 Å². The quantitative estimate of drug-likeness (QED) is 0.715. The van der Waals surface area contributed by atoms with Gasteiger partial charge in [-0.05, 0) is 30.5 Å². The fraction of sp³-hybridized carbons (Fsp3) is 0.526. The number of carbonyl (C=O) groups excluding carboxylic acids is 3. The number of ether oxygens (including phenoxy) is 1. The Morgan fingerprint density at radius 2 is 2.15 bits per heavy atom. The van der Waals surface area contributed by atoms with Crippen molar-refractivity contribution < 1.29 is 19.1 Å². The van der Waals surface area contributed by atoms with Crippen LogP contribution in [0.3, 0.4) is 0 Å². The third-order valence-corrected chi connectivity index (χ3v) is 4.03. The van der Waals surface area contributed by atoms with Crippen LogP contribution < -0.4 is 10.6 Å². The van der Waals surface area contributed by atoms with Gasteiger partial charge >= 0.3 is 5.97 Å². The van der Waals surface area contributed by atoms with Crippen LogP contribution in [0.25, 0.3) is 0 Å². The van der Waals surface area contributed by atoms with Gasteiger partial charge in [-0.3, -0.25) is 19.3 Å². The number of nitrogens with one attached hydrogen (secondary N) is 2. The predicted octanol–water partition coefficient (Wildman–Crippen LogP) is 1.32. The fourth-order valence-electron chi connectivity index (χ4n) is 2.76. The van der Waals surface area contributed by atoms with Crippen molar-refractivity contribution in [2.45, 2.75) is 33.2 Å². The van der Waals surface area contributed by atoms with Crippen LogP contribution in [0.1, 0.15) is 25.8 Å². The van der Waals surface area contributed by atoms with Crippen molar-refractivity contribution in [1.29, 1.82) is 0 Å². The largest absolute Gasteiger partial charge is 0.465 e. The van der Waals surface area contributed by atoms with Gasteiger partial charge in [-0.2, -0.15) is 0 Å².